The van der Waals surface area contributed by atoms with Gasteiger partial charge < -0.3 is 14.8 Å². The number of carbonyl (C=O) groups excluding carboxylic acids is 1. The SMILES string of the molecule is CC[C@H](NC(=O)CN(c1ccccc1)S(=O)(=O)N(C)C)c1ccc(OC)c(OC)c1. The van der Waals surface area contributed by atoms with Crippen molar-refractivity contribution >= 4 is 21.8 Å². The molecule has 0 aliphatic rings. The van der Waals surface area contributed by atoms with E-state index < -0.39 is 16.1 Å². The zero-order valence-corrected chi connectivity index (χ0v) is 18.8. The number of nitrogens with zero attached hydrogens (tertiary/aromatic N) is 2. The van der Waals surface area contributed by atoms with E-state index in [1.165, 1.54) is 14.1 Å². The van der Waals surface area contributed by atoms with E-state index in [0.29, 0.717) is 23.6 Å². The highest BCUT2D eigenvalue weighted by molar-refractivity contribution is 7.90. The standard InChI is InChI=1S/C21H29N3O5S/c1-6-18(16-12-13-19(28-4)20(14-16)29-5)22-21(25)15-24(30(26,27)23(2)3)17-10-8-7-9-11-17/h7-14,18H,6,15H2,1-5H3,(H,22,25)/t18-/m0/s1. The first-order chi connectivity index (χ1) is 14.2. The maximum absolute atomic E-state index is 12.8. The van der Waals surface area contributed by atoms with E-state index in [1.807, 2.05) is 13.0 Å². The van der Waals surface area contributed by atoms with Gasteiger partial charge in [-0.15, -0.1) is 0 Å². The smallest absolute Gasteiger partial charge is 0.304 e. The Hall–Kier alpha value is -2.78. The van der Waals surface area contributed by atoms with E-state index in [-0.39, 0.29) is 12.6 Å². The molecule has 0 radical (unpaired) electrons. The number of para-hydroxylation sites is 1. The van der Waals surface area contributed by atoms with E-state index in [0.717, 1.165) is 14.2 Å². The molecule has 9 heteroatoms. The molecule has 0 aliphatic heterocycles. The summed E-state index contributed by atoms with van der Waals surface area (Å²) in [5.41, 5.74) is 1.26. The summed E-state index contributed by atoms with van der Waals surface area (Å²) in [5, 5.41) is 2.92. The van der Waals surface area contributed by atoms with Crippen molar-refractivity contribution in [3.63, 3.8) is 0 Å². The predicted molar refractivity (Wildman–Crippen MR) is 117 cm³/mol. The fourth-order valence-electron chi connectivity index (χ4n) is 2.96. The molecule has 0 spiro atoms. The number of anilines is 1. The molecule has 1 atom stereocenters. The highest BCUT2D eigenvalue weighted by Gasteiger charge is 2.28. The van der Waals surface area contributed by atoms with Crippen LogP contribution in [0.2, 0.25) is 0 Å². The van der Waals surface area contributed by atoms with Crippen LogP contribution in [0.3, 0.4) is 0 Å². The lowest BCUT2D eigenvalue weighted by Crippen LogP contribution is -2.46. The quantitative estimate of drug-likeness (QED) is 0.620. The molecule has 0 bridgehead atoms. The van der Waals surface area contributed by atoms with Crippen molar-refractivity contribution < 1.29 is 22.7 Å². The molecule has 0 aliphatic carbocycles. The molecule has 2 aromatic carbocycles. The first kappa shape index (κ1) is 23.5. The second-order valence-electron chi connectivity index (χ2n) is 6.78. The Bertz CT molecular complexity index is 948. The molecule has 1 amide bonds. The third kappa shape index (κ3) is 5.43. The van der Waals surface area contributed by atoms with Gasteiger partial charge in [-0.1, -0.05) is 31.2 Å². The summed E-state index contributed by atoms with van der Waals surface area (Å²) in [4.78, 5) is 12.8. The van der Waals surface area contributed by atoms with Crippen molar-refractivity contribution in [3.8, 4) is 11.5 Å². The molecule has 0 heterocycles. The van der Waals surface area contributed by atoms with E-state index in [9.17, 15) is 13.2 Å². The second kappa shape index (κ2) is 10.3. The number of nitrogens with one attached hydrogen (secondary N) is 1. The van der Waals surface area contributed by atoms with E-state index in [4.69, 9.17) is 9.47 Å². The summed E-state index contributed by atoms with van der Waals surface area (Å²) in [6.07, 6.45) is 0.618. The third-order valence-corrected chi connectivity index (χ3v) is 6.44. The molecule has 30 heavy (non-hydrogen) atoms. The summed E-state index contributed by atoms with van der Waals surface area (Å²) in [6, 6.07) is 13.7. The van der Waals surface area contributed by atoms with Crippen LogP contribution in [0.1, 0.15) is 24.9 Å². The highest BCUT2D eigenvalue weighted by atomic mass is 32.2. The van der Waals surface area contributed by atoms with Crippen LogP contribution in [0.5, 0.6) is 11.5 Å². The zero-order valence-electron chi connectivity index (χ0n) is 18.0. The van der Waals surface area contributed by atoms with Gasteiger partial charge in [0.1, 0.15) is 6.54 Å². The number of amides is 1. The fourth-order valence-corrected chi connectivity index (χ4v) is 4.02. The normalized spacial score (nSPS) is 12.3. The molecule has 8 nitrogen and oxygen atoms in total. The summed E-state index contributed by atoms with van der Waals surface area (Å²) in [5.74, 6) is 0.740. The van der Waals surface area contributed by atoms with Crippen molar-refractivity contribution in [2.75, 3.05) is 39.2 Å². The Labute approximate surface area is 178 Å². The summed E-state index contributed by atoms with van der Waals surface area (Å²) in [7, 11) is 2.12. The van der Waals surface area contributed by atoms with Crippen molar-refractivity contribution in [1.29, 1.82) is 0 Å². The molecule has 0 unspecified atom stereocenters. The minimum Gasteiger partial charge on any atom is -0.493 e. The molecular weight excluding hydrogens is 406 g/mol. The monoisotopic (exact) mass is 435 g/mol. The molecule has 0 saturated carbocycles. The Morgan fingerprint density at radius 2 is 1.67 bits per heavy atom. The summed E-state index contributed by atoms with van der Waals surface area (Å²) < 4.78 is 38.3. The lowest BCUT2D eigenvalue weighted by Gasteiger charge is -2.28. The molecule has 0 saturated heterocycles. The average Bonchev–Trinajstić information content (AvgIpc) is 2.75. The number of rotatable bonds is 10. The Kier molecular flexibility index (Phi) is 8.08. The molecule has 0 fully saturated rings. The van der Waals surface area contributed by atoms with Gasteiger partial charge in [0.25, 0.3) is 0 Å². The van der Waals surface area contributed by atoms with Gasteiger partial charge in [0.2, 0.25) is 5.91 Å². The van der Waals surface area contributed by atoms with Gasteiger partial charge in [-0.05, 0) is 36.2 Å². The second-order valence-corrected chi connectivity index (χ2v) is 8.84. The number of benzene rings is 2. The van der Waals surface area contributed by atoms with Gasteiger partial charge in [-0.2, -0.15) is 12.7 Å². The van der Waals surface area contributed by atoms with Crippen molar-refractivity contribution in [3.05, 3.63) is 54.1 Å². The van der Waals surface area contributed by atoms with Crippen molar-refractivity contribution in [2.24, 2.45) is 0 Å². The van der Waals surface area contributed by atoms with Crippen LogP contribution in [0.4, 0.5) is 5.69 Å². The van der Waals surface area contributed by atoms with E-state index >= 15 is 0 Å². The van der Waals surface area contributed by atoms with Crippen LogP contribution < -0.4 is 19.1 Å². The van der Waals surface area contributed by atoms with E-state index in [1.54, 1.807) is 56.7 Å². The van der Waals surface area contributed by atoms with Gasteiger partial charge in [-0.25, -0.2) is 4.31 Å². The maximum atomic E-state index is 12.8. The van der Waals surface area contributed by atoms with Crippen LogP contribution in [-0.4, -0.2) is 53.5 Å². The third-order valence-electron chi connectivity index (χ3n) is 4.62. The van der Waals surface area contributed by atoms with Crippen LogP contribution in [0.15, 0.2) is 48.5 Å². The van der Waals surface area contributed by atoms with Gasteiger partial charge in [0.15, 0.2) is 11.5 Å². The summed E-state index contributed by atoms with van der Waals surface area (Å²) >= 11 is 0. The van der Waals surface area contributed by atoms with Crippen LogP contribution in [0.25, 0.3) is 0 Å². The van der Waals surface area contributed by atoms with Gasteiger partial charge >= 0.3 is 10.2 Å². The Balaban J connectivity index is 2.25. The van der Waals surface area contributed by atoms with Gasteiger partial charge in [0, 0.05) is 14.1 Å². The minimum absolute atomic E-state index is 0.308. The van der Waals surface area contributed by atoms with E-state index in [2.05, 4.69) is 5.32 Å². The number of methoxy groups -OCH3 is 2. The predicted octanol–water partition coefficient (Wildman–Crippen LogP) is 2.58. The largest absolute Gasteiger partial charge is 0.493 e. The molecule has 164 valence electrons. The minimum atomic E-state index is -3.84. The average molecular weight is 436 g/mol. The molecule has 2 aromatic rings. The Morgan fingerprint density at radius 3 is 2.20 bits per heavy atom. The Morgan fingerprint density at radius 1 is 1.03 bits per heavy atom. The molecule has 0 aromatic heterocycles. The van der Waals surface area contributed by atoms with Gasteiger partial charge in [-0.3, -0.25) is 4.79 Å². The zero-order chi connectivity index (χ0) is 22.3. The first-order valence-corrected chi connectivity index (χ1v) is 10.9. The molecular formula is C21H29N3O5S. The van der Waals surface area contributed by atoms with Gasteiger partial charge in [0.05, 0.1) is 25.9 Å². The van der Waals surface area contributed by atoms with Crippen molar-refractivity contribution in [2.45, 2.75) is 19.4 Å². The number of hydrogen-bond donors (Lipinski definition) is 1. The molecule has 2 rings (SSSR count). The number of ether oxygens (including phenoxy) is 2. The molecule has 1 N–H and O–H groups in total. The van der Waals surface area contributed by atoms with Crippen LogP contribution in [0, 0.1) is 0 Å². The summed E-state index contributed by atoms with van der Waals surface area (Å²) in [6.45, 7) is 1.60. The number of hydrogen-bond acceptors (Lipinski definition) is 5. The number of carbonyl (C=O) groups is 1. The fraction of sp³-hybridized carbons (Fsp3) is 0.381. The van der Waals surface area contributed by atoms with Crippen LogP contribution >= 0.6 is 0 Å². The van der Waals surface area contributed by atoms with Crippen LogP contribution in [-0.2, 0) is 15.0 Å². The maximum Gasteiger partial charge on any atom is 0.304 e. The lowest BCUT2D eigenvalue weighted by atomic mass is 10.0. The van der Waals surface area contributed by atoms with Crippen molar-refractivity contribution in [1.82, 2.24) is 9.62 Å². The lowest BCUT2D eigenvalue weighted by molar-refractivity contribution is -0.120. The highest BCUT2D eigenvalue weighted by Crippen LogP contribution is 2.31. The topological polar surface area (TPSA) is 88.2 Å². The first-order valence-electron chi connectivity index (χ1n) is 9.51.